The first-order chi connectivity index (χ1) is 6.52. The smallest absolute Gasteiger partial charge is 0.320 e. The fourth-order valence-corrected chi connectivity index (χ4v) is 0.987. The molecule has 4 heteroatoms. The second kappa shape index (κ2) is 6.40. The van der Waals surface area contributed by atoms with Crippen LogP contribution in [0.2, 0.25) is 0 Å². The minimum absolute atomic E-state index is 0.203. The van der Waals surface area contributed by atoms with Gasteiger partial charge in [0.2, 0.25) is 0 Å². The maximum absolute atomic E-state index is 11.4. The topological polar surface area (TPSA) is 52.6 Å². The second-order valence-corrected chi connectivity index (χ2v) is 3.20. The molecule has 0 bridgehead atoms. The highest BCUT2D eigenvalue weighted by molar-refractivity contribution is 5.94. The molecule has 0 radical (unpaired) electrons. The van der Waals surface area contributed by atoms with Crippen molar-refractivity contribution in [1.29, 1.82) is 0 Å². The molecule has 0 aliphatic rings. The summed E-state index contributed by atoms with van der Waals surface area (Å²) in [6.45, 7) is 7.23. The first-order valence-electron chi connectivity index (χ1n) is 4.90. The lowest BCUT2D eigenvalue weighted by atomic mass is 10.1. The van der Waals surface area contributed by atoms with Gasteiger partial charge in [-0.05, 0) is 27.2 Å². The highest BCUT2D eigenvalue weighted by Gasteiger charge is 2.28. The number of carbonyl (C=O) groups excluding carboxylic acids is 2. The van der Waals surface area contributed by atoms with E-state index in [9.17, 15) is 9.59 Å². The zero-order chi connectivity index (χ0) is 11.1. The summed E-state index contributed by atoms with van der Waals surface area (Å²) >= 11 is 0. The lowest BCUT2D eigenvalue weighted by molar-refractivity contribution is -0.164. The standard InChI is InChI=1S/C10H18O4/c1-5-8(9(11)13-6-2)10(12)14-7(3)4/h7-8H,5-6H2,1-4H3. The van der Waals surface area contributed by atoms with Gasteiger partial charge < -0.3 is 9.47 Å². The first-order valence-corrected chi connectivity index (χ1v) is 4.90. The highest BCUT2D eigenvalue weighted by Crippen LogP contribution is 2.09. The number of ether oxygens (including phenoxy) is 2. The molecule has 0 rings (SSSR count). The minimum atomic E-state index is -0.780. The van der Waals surface area contributed by atoms with Crippen molar-refractivity contribution >= 4 is 11.9 Å². The Morgan fingerprint density at radius 1 is 1.14 bits per heavy atom. The van der Waals surface area contributed by atoms with E-state index in [0.717, 1.165) is 0 Å². The van der Waals surface area contributed by atoms with Crippen LogP contribution in [0.3, 0.4) is 0 Å². The molecule has 0 aromatic rings. The third-order valence-corrected chi connectivity index (χ3v) is 1.62. The van der Waals surface area contributed by atoms with E-state index in [-0.39, 0.29) is 12.7 Å². The van der Waals surface area contributed by atoms with Gasteiger partial charge in [0.25, 0.3) is 0 Å². The molecule has 0 aliphatic carbocycles. The largest absolute Gasteiger partial charge is 0.465 e. The number of rotatable bonds is 5. The predicted molar refractivity (Wildman–Crippen MR) is 51.6 cm³/mol. The zero-order valence-corrected chi connectivity index (χ0v) is 9.20. The van der Waals surface area contributed by atoms with Crippen LogP contribution >= 0.6 is 0 Å². The van der Waals surface area contributed by atoms with Crippen molar-refractivity contribution < 1.29 is 19.1 Å². The molecule has 82 valence electrons. The second-order valence-electron chi connectivity index (χ2n) is 3.20. The first kappa shape index (κ1) is 12.9. The van der Waals surface area contributed by atoms with Gasteiger partial charge in [0.05, 0.1) is 12.7 Å². The van der Waals surface area contributed by atoms with Gasteiger partial charge in [-0.1, -0.05) is 6.92 Å². The SMILES string of the molecule is CCOC(=O)C(CC)C(=O)OC(C)C. The number of carbonyl (C=O) groups is 2. The van der Waals surface area contributed by atoms with Crippen LogP contribution in [0.4, 0.5) is 0 Å². The van der Waals surface area contributed by atoms with E-state index in [1.165, 1.54) is 0 Å². The molecule has 14 heavy (non-hydrogen) atoms. The van der Waals surface area contributed by atoms with Crippen LogP contribution in [0.1, 0.15) is 34.1 Å². The molecular formula is C10H18O4. The highest BCUT2D eigenvalue weighted by atomic mass is 16.6. The molecule has 4 nitrogen and oxygen atoms in total. The number of hydrogen-bond acceptors (Lipinski definition) is 4. The minimum Gasteiger partial charge on any atom is -0.465 e. The third kappa shape index (κ3) is 4.25. The lowest BCUT2D eigenvalue weighted by Crippen LogP contribution is -2.29. The summed E-state index contributed by atoms with van der Waals surface area (Å²) in [6, 6.07) is 0. The molecule has 0 N–H and O–H groups in total. The van der Waals surface area contributed by atoms with Crippen molar-refractivity contribution in [2.45, 2.75) is 40.2 Å². The Labute approximate surface area is 84.6 Å². The Bertz CT molecular complexity index is 198. The summed E-state index contributed by atoms with van der Waals surface area (Å²) in [4.78, 5) is 22.7. The average molecular weight is 202 g/mol. The van der Waals surface area contributed by atoms with Gasteiger partial charge in [-0.2, -0.15) is 0 Å². The average Bonchev–Trinajstić information content (AvgIpc) is 2.04. The third-order valence-electron chi connectivity index (χ3n) is 1.62. The molecule has 0 fully saturated rings. The van der Waals surface area contributed by atoms with Crippen molar-refractivity contribution in [3.8, 4) is 0 Å². The fourth-order valence-electron chi connectivity index (χ4n) is 0.987. The molecule has 0 heterocycles. The Morgan fingerprint density at radius 2 is 1.71 bits per heavy atom. The molecule has 1 atom stereocenters. The van der Waals surface area contributed by atoms with Gasteiger partial charge in [0, 0.05) is 0 Å². The summed E-state index contributed by atoms with van der Waals surface area (Å²) in [5.41, 5.74) is 0. The molecule has 0 aromatic carbocycles. The summed E-state index contributed by atoms with van der Waals surface area (Å²) in [5, 5.41) is 0. The van der Waals surface area contributed by atoms with Gasteiger partial charge in [-0.3, -0.25) is 9.59 Å². The molecular weight excluding hydrogens is 184 g/mol. The molecule has 0 aliphatic heterocycles. The Balaban J connectivity index is 4.25. The van der Waals surface area contributed by atoms with Gasteiger partial charge in [-0.25, -0.2) is 0 Å². The maximum atomic E-state index is 11.4. The Hall–Kier alpha value is -1.06. The van der Waals surface area contributed by atoms with Gasteiger partial charge in [0.15, 0.2) is 5.92 Å². The van der Waals surface area contributed by atoms with E-state index in [4.69, 9.17) is 9.47 Å². The van der Waals surface area contributed by atoms with Crippen molar-refractivity contribution in [1.82, 2.24) is 0 Å². The molecule has 0 amide bonds. The zero-order valence-electron chi connectivity index (χ0n) is 9.20. The molecule has 0 saturated heterocycles. The molecule has 0 aromatic heterocycles. The summed E-state index contributed by atoms with van der Waals surface area (Å²) in [6.07, 6.45) is 0.204. The van der Waals surface area contributed by atoms with Gasteiger partial charge in [0.1, 0.15) is 0 Å². The van der Waals surface area contributed by atoms with E-state index >= 15 is 0 Å². The van der Waals surface area contributed by atoms with Crippen LogP contribution in [-0.4, -0.2) is 24.6 Å². The van der Waals surface area contributed by atoms with E-state index in [1.807, 2.05) is 0 Å². The van der Waals surface area contributed by atoms with Crippen LogP contribution in [-0.2, 0) is 19.1 Å². The van der Waals surface area contributed by atoms with Gasteiger partial charge in [-0.15, -0.1) is 0 Å². The van der Waals surface area contributed by atoms with Gasteiger partial charge >= 0.3 is 11.9 Å². The maximum Gasteiger partial charge on any atom is 0.320 e. The molecule has 0 spiro atoms. The van der Waals surface area contributed by atoms with Crippen LogP contribution in [0.25, 0.3) is 0 Å². The number of esters is 2. The number of hydrogen-bond donors (Lipinski definition) is 0. The normalized spacial score (nSPS) is 12.4. The van der Waals surface area contributed by atoms with Crippen molar-refractivity contribution in [2.75, 3.05) is 6.61 Å². The monoisotopic (exact) mass is 202 g/mol. The Morgan fingerprint density at radius 3 is 2.07 bits per heavy atom. The summed E-state index contributed by atoms with van der Waals surface area (Å²) < 4.78 is 9.69. The van der Waals surface area contributed by atoms with E-state index < -0.39 is 17.9 Å². The molecule has 0 saturated carbocycles. The molecule has 1 unspecified atom stereocenters. The van der Waals surface area contributed by atoms with Crippen LogP contribution < -0.4 is 0 Å². The van der Waals surface area contributed by atoms with E-state index in [1.54, 1.807) is 27.7 Å². The van der Waals surface area contributed by atoms with Crippen LogP contribution in [0.5, 0.6) is 0 Å². The van der Waals surface area contributed by atoms with Crippen molar-refractivity contribution in [3.05, 3.63) is 0 Å². The van der Waals surface area contributed by atoms with Crippen LogP contribution in [0.15, 0.2) is 0 Å². The quantitative estimate of drug-likeness (QED) is 0.501. The van der Waals surface area contributed by atoms with Crippen molar-refractivity contribution in [3.63, 3.8) is 0 Å². The van der Waals surface area contributed by atoms with Crippen LogP contribution in [0, 0.1) is 5.92 Å². The lowest BCUT2D eigenvalue weighted by Gasteiger charge is -2.14. The Kier molecular flexibility index (Phi) is 5.92. The van der Waals surface area contributed by atoms with Crippen molar-refractivity contribution in [2.24, 2.45) is 5.92 Å². The van der Waals surface area contributed by atoms with E-state index in [2.05, 4.69) is 0 Å². The fraction of sp³-hybridized carbons (Fsp3) is 0.800. The van der Waals surface area contributed by atoms with E-state index in [0.29, 0.717) is 6.42 Å². The predicted octanol–water partition coefficient (Wildman–Crippen LogP) is 1.53. The summed E-state index contributed by atoms with van der Waals surface area (Å²) in [7, 11) is 0. The summed E-state index contributed by atoms with van der Waals surface area (Å²) in [5.74, 6) is -1.78.